The van der Waals surface area contributed by atoms with Crippen LogP contribution >= 0.6 is 0 Å². The number of furan rings is 1. The molecule has 0 bridgehead atoms. The molecule has 0 spiro atoms. The van der Waals surface area contributed by atoms with Crippen LogP contribution in [-0.4, -0.2) is 61.4 Å². The first-order valence-corrected chi connectivity index (χ1v) is 9.25. The first-order chi connectivity index (χ1) is 10.8. The number of carboxylic acid groups (broad SMARTS) is 1. The highest BCUT2D eigenvalue weighted by Gasteiger charge is 2.33. The molecular weight excluding hydrogens is 320 g/mol. The monoisotopic (exact) mass is 344 g/mol. The number of piperidine rings is 1. The van der Waals surface area contributed by atoms with Crippen LogP contribution in [0.1, 0.15) is 42.5 Å². The number of nitrogens with zero attached hydrogens (tertiary/aromatic N) is 2. The van der Waals surface area contributed by atoms with Gasteiger partial charge in [-0.05, 0) is 45.8 Å². The average molecular weight is 344 g/mol. The molecule has 130 valence electrons. The number of likely N-dealkylation sites (tertiary alicyclic amines) is 1. The van der Waals surface area contributed by atoms with E-state index in [0.29, 0.717) is 0 Å². The Labute approximate surface area is 136 Å². The van der Waals surface area contributed by atoms with Crippen LogP contribution in [0.4, 0.5) is 0 Å². The molecule has 1 aromatic rings. The molecule has 8 heteroatoms. The van der Waals surface area contributed by atoms with Crippen molar-refractivity contribution in [3.8, 4) is 0 Å². The molecule has 1 N–H and O–H groups in total. The molecule has 1 aliphatic rings. The number of hydrogen-bond donors (Lipinski definition) is 1. The second-order valence-corrected chi connectivity index (χ2v) is 7.90. The van der Waals surface area contributed by atoms with Gasteiger partial charge in [0.2, 0.25) is 15.8 Å². The van der Waals surface area contributed by atoms with E-state index in [2.05, 4.69) is 11.8 Å². The van der Waals surface area contributed by atoms with Crippen molar-refractivity contribution in [3.63, 3.8) is 0 Å². The van der Waals surface area contributed by atoms with Crippen molar-refractivity contribution >= 4 is 16.0 Å². The number of carboxylic acids is 1. The van der Waals surface area contributed by atoms with Crippen LogP contribution in [0.3, 0.4) is 0 Å². The molecule has 7 nitrogen and oxygen atoms in total. The Morgan fingerprint density at radius 2 is 2.04 bits per heavy atom. The lowest BCUT2D eigenvalue weighted by molar-refractivity contribution is 0.0661. The Morgan fingerprint density at radius 1 is 1.43 bits per heavy atom. The number of hydrogen-bond acceptors (Lipinski definition) is 5. The number of carbonyl (C=O) groups is 1. The summed E-state index contributed by atoms with van der Waals surface area (Å²) < 4.78 is 31.9. The molecule has 0 saturated carbocycles. The van der Waals surface area contributed by atoms with Crippen molar-refractivity contribution in [2.45, 2.75) is 44.0 Å². The predicted octanol–water partition coefficient (Wildman–Crippen LogP) is 1.78. The molecule has 23 heavy (non-hydrogen) atoms. The van der Waals surface area contributed by atoms with E-state index in [1.807, 2.05) is 0 Å². The third kappa shape index (κ3) is 3.76. The van der Waals surface area contributed by atoms with Crippen LogP contribution in [0.25, 0.3) is 0 Å². The van der Waals surface area contributed by atoms with E-state index >= 15 is 0 Å². The van der Waals surface area contributed by atoms with Crippen LogP contribution in [0.5, 0.6) is 0 Å². The summed E-state index contributed by atoms with van der Waals surface area (Å²) in [4.78, 5) is 13.2. The molecule has 1 fully saturated rings. The first-order valence-electron chi connectivity index (χ1n) is 7.81. The molecule has 2 heterocycles. The maximum atomic E-state index is 12.8. The summed E-state index contributed by atoms with van der Waals surface area (Å²) in [6.45, 7) is 6.39. The van der Waals surface area contributed by atoms with E-state index in [-0.39, 0.29) is 22.5 Å². The molecule has 2 rings (SSSR count). The molecule has 0 aliphatic carbocycles. The quantitative estimate of drug-likeness (QED) is 0.846. The first kappa shape index (κ1) is 18.0. The van der Waals surface area contributed by atoms with Crippen molar-refractivity contribution in [1.29, 1.82) is 0 Å². The lowest BCUT2D eigenvalue weighted by atomic mass is 10.1. The summed E-state index contributed by atoms with van der Waals surface area (Å²) in [5.74, 6) is -1.52. The summed E-state index contributed by atoms with van der Waals surface area (Å²) in [5, 5.41) is 8.95. The van der Waals surface area contributed by atoms with Crippen molar-refractivity contribution in [2.24, 2.45) is 0 Å². The Balaban J connectivity index is 2.15. The SMILES string of the molecule is CCCN1CCC(N(C)S(=O)(=O)c2cc(C(=O)O)oc2C)CC1. The maximum Gasteiger partial charge on any atom is 0.371 e. The molecule has 0 atom stereocenters. The second kappa shape index (κ2) is 7.02. The van der Waals surface area contributed by atoms with E-state index < -0.39 is 16.0 Å². The highest BCUT2D eigenvalue weighted by Crippen LogP contribution is 2.27. The molecule has 1 aliphatic heterocycles. The minimum absolute atomic E-state index is 0.0617. The third-order valence-electron chi connectivity index (χ3n) is 4.35. The number of sulfonamides is 1. The largest absolute Gasteiger partial charge is 0.475 e. The van der Waals surface area contributed by atoms with Crippen molar-refractivity contribution in [2.75, 3.05) is 26.7 Å². The van der Waals surface area contributed by atoms with Gasteiger partial charge in [0.05, 0.1) is 0 Å². The molecule has 1 saturated heterocycles. The highest BCUT2D eigenvalue weighted by molar-refractivity contribution is 7.89. The van der Waals surface area contributed by atoms with Crippen LogP contribution in [-0.2, 0) is 10.0 Å². The summed E-state index contributed by atoms with van der Waals surface area (Å²) in [6.07, 6.45) is 2.64. The fourth-order valence-corrected chi connectivity index (χ4v) is 4.58. The van der Waals surface area contributed by atoms with Gasteiger partial charge in [0.15, 0.2) is 0 Å². The van der Waals surface area contributed by atoms with Crippen molar-refractivity contribution < 1.29 is 22.7 Å². The lowest BCUT2D eigenvalue weighted by Crippen LogP contribution is -2.45. The fourth-order valence-electron chi connectivity index (χ4n) is 3.00. The Bertz CT molecular complexity index is 659. The predicted molar refractivity (Wildman–Crippen MR) is 85.1 cm³/mol. The summed E-state index contributed by atoms with van der Waals surface area (Å²) in [7, 11) is -2.20. The molecule has 0 unspecified atom stereocenters. The Kier molecular flexibility index (Phi) is 5.49. The molecule has 1 aromatic heterocycles. The van der Waals surface area contributed by atoms with E-state index in [0.717, 1.165) is 45.0 Å². The number of rotatable bonds is 6. The molecule has 0 amide bonds. The third-order valence-corrected chi connectivity index (χ3v) is 6.37. The smallest absolute Gasteiger partial charge is 0.371 e. The van der Waals surface area contributed by atoms with Gasteiger partial charge in [-0.3, -0.25) is 0 Å². The number of aromatic carboxylic acids is 1. The van der Waals surface area contributed by atoms with Crippen molar-refractivity contribution in [1.82, 2.24) is 9.21 Å². The van der Waals surface area contributed by atoms with Crippen molar-refractivity contribution in [3.05, 3.63) is 17.6 Å². The normalized spacial score (nSPS) is 17.7. The van der Waals surface area contributed by atoms with Gasteiger partial charge in [0.1, 0.15) is 10.7 Å². The van der Waals surface area contributed by atoms with Gasteiger partial charge in [0.25, 0.3) is 0 Å². The lowest BCUT2D eigenvalue weighted by Gasteiger charge is -2.35. The topological polar surface area (TPSA) is 91.1 Å². The molecule has 0 radical (unpaired) electrons. The summed E-state index contributed by atoms with van der Waals surface area (Å²) in [6, 6.07) is 1.02. The van der Waals surface area contributed by atoms with Crippen LogP contribution in [0.15, 0.2) is 15.4 Å². The fraction of sp³-hybridized carbons (Fsp3) is 0.667. The van der Waals surface area contributed by atoms with E-state index in [4.69, 9.17) is 9.52 Å². The minimum Gasteiger partial charge on any atom is -0.475 e. The summed E-state index contributed by atoms with van der Waals surface area (Å²) in [5.41, 5.74) is 0. The zero-order valence-corrected chi connectivity index (χ0v) is 14.6. The molecular formula is C15H24N2O5S. The highest BCUT2D eigenvalue weighted by atomic mass is 32.2. The van der Waals surface area contributed by atoms with E-state index in [9.17, 15) is 13.2 Å². The van der Waals surface area contributed by atoms with Gasteiger partial charge in [-0.25, -0.2) is 13.2 Å². The zero-order valence-electron chi connectivity index (χ0n) is 13.8. The van der Waals surface area contributed by atoms with Gasteiger partial charge in [-0.2, -0.15) is 4.31 Å². The van der Waals surface area contributed by atoms with Gasteiger partial charge in [-0.15, -0.1) is 0 Å². The number of aryl methyl sites for hydroxylation is 1. The molecule has 0 aromatic carbocycles. The second-order valence-electron chi connectivity index (χ2n) is 5.93. The van der Waals surface area contributed by atoms with E-state index in [1.165, 1.54) is 11.2 Å². The standard InChI is InChI=1S/C15H24N2O5S/c1-4-7-17-8-5-12(6-9-17)16(3)23(20,21)14-10-13(15(18)19)22-11(14)2/h10,12H,4-9H2,1-3H3,(H,18,19). The van der Waals surface area contributed by atoms with E-state index in [1.54, 1.807) is 7.05 Å². The van der Waals surface area contributed by atoms with Crippen LogP contribution in [0.2, 0.25) is 0 Å². The van der Waals surface area contributed by atoms with Gasteiger partial charge in [0, 0.05) is 19.2 Å². The minimum atomic E-state index is -3.75. The van der Waals surface area contributed by atoms with Gasteiger partial charge >= 0.3 is 5.97 Å². The Morgan fingerprint density at radius 3 is 2.52 bits per heavy atom. The average Bonchev–Trinajstić information content (AvgIpc) is 2.90. The van der Waals surface area contributed by atoms with Crippen LogP contribution < -0.4 is 0 Å². The van der Waals surface area contributed by atoms with Gasteiger partial charge in [-0.1, -0.05) is 6.92 Å². The Hall–Kier alpha value is -1.38. The summed E-state index contributed by atoms with van der Waals surface area (Å²) >= 11 is 0. The maximum absolute atomic E-state index is 12.8. The zero-order chi connectivity index (χ0) is 17.2. The van der Waals surface area contributed by atoms with Crippen LogP contribution in [0, 0.1) is 6.92 Å². The van der Waals surface area contributed by atoms with Gasteiger partial charge < -0.3 is 14.4 Å².